The van der Waals surface area contributed by atoms with Gasteiger partial charge in [-0.25, -0.2) is 0 Å². The lowest BCUT2D eigenvalue weighted by Crippen LogP contribution is -2.28. The fourth-order valence-corrected chi connectivity index (χ4v) is 4.05. The Morgan fingerprint density at radius 2 is 2.00 bits per heavy atom. The summed E-state index contributed by atoms with van der Waals surface area (Å²) in [6.45, 7) is 1.07. The summed E-state index contributed by atoms with van der Waals surface area (Å²) in [6, 6.07) is 5.30. The number of benzene rings is 1. The molecule has 1 saturated heterocycles. The number of methoxy groups -OCH3 is 1. The number of halogens is 3. The van der Waals surface area contributed by atoms with E-state index in [-0.39, 0.29) is 28.8 Å². The maximum atomic E-state index is 13.7. The van der Waals surface area contributed by atoms with Crippen LogP contribution in [0.25, 0.3) is 22.4 Å². The van der Waals surface area contributed by atoms with E-state index < -0.39 is 11.7 Å². The predicted octanol–water partition coefficient (Wildman–Crippen LogP) is 4.12. The quantitative estimate of drug-likeness (QED) is 0.371. The smallest absolute Gasteiger partial charge is 0.418 e. The normalized spacial score (nSPS) is 14.9. The Balaban J connectivity index is 1.52. The predicted molar refractivity (Wildman–Crippen MR) is 123 cm³/mol. The molecular weight excluding hydrogens is 465 g/mol. The fourth-order valence-electron chi connectivity index (χ4n) is 4.05. The van der Waals surface area contributed by atoms with Crippen molar-refractivity contribution in [2.75, 3.05) is 31.0 Å². The highest BCUT2D eigenvalue weighted by Crippen LogP contribution is 2.39. The van der Waals surface area contributed by atoms with Crippen LogP contribution in [0.1, 0.15) is 18.4 Å². The van der Waals surface area contributed by atoms with Crippen molar-refractivity contribution in [3.63, 3.8) is 0 Å². The first-order chi connectivity index (χ1) is 16.8. The van der Waals surface area contributed by atoms with E-state index in [1.165, 1.54) is 7.11 Å². The number of aromatic amines is 1. The van der Waals surface area contributed by atoms with E-state index in [9.17, 15) is 13.2 Å². The summed E-state index contributed by atoms with van der Waals surface area (Å²) in [4.78, 5) is 11.4. The third-order valence-corrected chi connectivity index (χ3v) is 5.82. The number of alkyl halides is 3. The number of anilines is 3. The molecule has 10 nitrogen and oxygen atoms in total. The van der Waals surface area contributed by atoms with E-state index in [1.807, 2.05) is 13.1 Å². The number of hydrogen-bond acceptors (Lipinski definition) is 8. The largest absolute Gasteiger partial charge is 0.495 e. The zero-order valence-corrected chi connectivity index (χ0v) is 19.0. The average Bonchev–Trinajstić information content (AvgIpc) is 3.46. The summed E-state index contributed by atoms with van der Waals surface area (Å²) in [5.41, 5.74) is 0.570. The molecule has 13 heteroatoms. The Kier molecular flexibility index (Phi) is 5.93. The summed E-state index contributed by atoms with van der Waals surface area (Å²) in [7, 11) is 3.35. The maximum absolute atomic E-state index is 13.7. The second-order valence-electron chi connectivity index (χ2n) is 8.16. The standard InChI is InChI=1S/C22H23F3N8O2/c1-33-11-27-32-20(33)12-3-4-15(16(9-12)34-2)29-21-30-18-17(14(10-26-18)22(23,24)25)19(31-21)28-13-5-7-35-8-6-13/h3-4,9-11,13H,5-8H2,1-2H3,(H3,26,28,29,30,31). The molecule has 184 valence electrons. The molecule has 35 heavy (non-hydrogen) atoms. The highest BCUT2D eigenvalue weighted by Gasteiger charge is 2.36. The van der Waals surface area contributed by atoms with Crippen LogP contribution < -0.4 is 15.4 Å². The van der Waals surface area contributed by atoms with E-state index in [4.69, 9.17) is 9.47 Å². The van der Waals surface area contributed by atoms with Crippen LogP contribution in [0.2, 0.25) is 0 Å². The minimum absolute atomic E-state index is 0.0640. The number of fused-ring (bicyclic) bond motifs is 1. The third-order valence-electron chi connectivity index (χ3n) is 5.82. The number of rotatable bonds is 6. The van der Waals surface area contributed by atoms with Crippen LogP contribution in [-0.2, 0) is 18.0 Å². The lowest BCUT2D eigenvalue weighted by Gasteiger charge is -2.24. The van der Waals surface area contributed by atoms with E-state index in [2.05, 4.69) is 35.8 Å². The van der Waals surface area contributed by atoms with Gasteiger partial charge in [0.25, 0.3) is 0 Å². The second-order valence-corrected chi connectivity index (χ2v) is 8.16. The average molecular weight is 488 g/mol. The number of nitrogens with zero attached hydrogens (tertiary/aromatic N) is 5. The molecule has 1 fully saturated rings. The van der Waals surface area contributed by atoms with Crippen LogP contribution in [0.4, 0.5) is 30.6 Å². The number of nitrogens with one attached hydrogen (secondary N) is 3. The number of ether oxygens (including phenoxy) is 2. The number of aromatic nitrogens is 6. The summed E-state index contributed by atoms with van der Waals surface area (Å²) < 4.78 is 53.7. The zero-order chi connectivity index (χ0) is 24.6. The summed E-state index contributed by atoms with van der Waals surface area (Å²) in [6.07, 6.45) is -0.722. The summed E-state index contributed by atoms with van der Waals surface area (Å²) in [5.74, 6) is 1.36. The van der Waals surface area contributed by atoms with Crippen molar-refractivity contribution in [1.29, 1.82) is 0 Å². The van der Waals surface area contributed by atoms with Gasteiger partial charge in [0.1, 0.15) is 23.5 Å². The van der Waals surface area contributed by atoms with Gasteiger partial charge in [0, 0.05) is 38.1 Å². The number of hydrogen-bond donors (Lipinski definition) is 3. The van der Waals surface area contributed by atoms with Gasteiger partial charge in [-0.15, -0.1) is 10.2 Å². The molecule has 4 aromatic rings. The molecule has 3 aromatic heterocycles. The zero-order valence-electron chi connectivity index (χ0n) is 19.0. The highest BCUT2D eigenvalue weighted by atomic mass is 19.4. The fraction of sp³-hybridized carbons (Fsp3) is 0.364. The Morgan fingerprint density at radius 3 is 2.69 bits per heavy atom. The molecule has 0 amide bonds. The van der Waals surface area contributed by atoms with Gasteiger partial charge in [-0.05, 0) is 31.0 Å². The van der Waals surface area contributed by atoms with Crippen molar-refractivity contribution in [1.82, 2.24) is 29.7 Å². The third kappa shape index (κ3) is 4.58. The topological polar surface area (TPSA) is 115 Å². The molecule has 0 bridgehead atoms. The van der Waals surface area contributed by atoms with Crippen LogP contribution >= 0.6 is 0 Å². The Morgan fingerprint density at radius 1 is 1.20 bits per heavy atom. The Hall–Kier alpha value is -3.87. The minimum Gasteiger partial charge on any atom is -0.495 e. The Bertz CT molecular complexity index is 1340. The van der Waals surface area contributed by atoms with Crippen LogP contribution in [-0.4, -0.2) is 56.1 Å². The van der Waals surface area contributed by atoms with E-state index in [0.717, 1.165) is 11.8 Å². The molecule has 1 aromatic carbocycles. The SMILES string of the molecule is COc1cc(-c2nncn2C)ccc1Nc1nc(NC2CCOCC2)c2c(C(F)(F)F)c[nH]c2n1. The van der Waals surface area contributed by atoms with Crippen molar-refractivity contribution < 1.29 is 22.6 Å². The molecule has 0 atom stereocenters. The molecule has 1 aliphatic heterocycles. The van der Waals surface area contributed by atoms with Crippen molar-refractivity contribution >= 4 is 28.5 Å². The molecule has 0 unspecified atom stereocenters. The van der Waals surface area contributed by atoms with Gasteiger partial charge in [0.05, 0.1) is 23.7 Å². The van der Waals surface area contributed by atoms with E-state index >= 15 is 0 Å². The molecule has 4 heterocycles. The molecule has 0 radical (unpaired) electrons. The first kappa shape index (κ1) is 22.9. The molecule has 3 N–H and O–H groups in total. The molecule has 5 rings (SSSR count). The van der Waals surface area contributed by atoms with Gasteiger partial charge >= 0.3 is 6.18 Å². The molecule has 1 aliphatic rings. The van der Waals surface area contributed by atoms with Gasteiger partial charge in [0.15, 0.2) is 5.82 Å². The van der Waals surface area contributed by atoms with Crippen molar-refractivity contribution in [3.8, 4) is 17.1 Å². The molecule has 0 spiro atoms. The number of aryl methyl sites for hydroxylation is 1. The summed E-state index contributed by atoms with van der Waals surface area (Å²) in [5, 5.41) is 14.1. The molecule has 0 aliphatic carbocycles. The van der Waals surface area contributed by atoms with Crippen LogP contribution in [0.15, 0.2) is 30.7 Å². The lowest BCUT2D eigenvalue weighted by molar-refractivity contribution is -0.136. The van der Waals surface area contributed by atoms with E-state index in [0.29, 0.717) is 43.3 Å². The molecule has 0 saturated carbocycles. The van der Waals surface area contributed by atoms with Gasteiger partial charge in [-0.3, -0.25) is 0 Å². The van der Waals surface area contributed by atoms with E-state index in [1.54, 1.807) is 23.0 Å². The number of H-pyrrole nitrogens is 1. The highest BCUT2D eigenvalue weighted by molar-refractivity contribution is 5.92. The van der Waals surface area contributed by atoms with Crippen molar-refractivity contribution in [2.24, 2.45) is 7.05 Å². The second kappa shape index (κ2) is 9.06. The lowest BCUT2D eigenvalue weighted by atomic mass is 10.1. The first-order valence-electron chi connectivity index (χ1n) is 10.9. The maximum Gasteiger partial charge on any atom is 0.418 e. The van der Waals surface area contributed by atoms with Gasteiger partial charge < -0.3 is 29.7 Å². The van der Waals surface area contributed by atoms with Gasteiger partial charge in [-0.1, -0.05) is 0 Å². The van der Waals surface area contributed by atoms with Gasteiger partial charge in [0.2, 0.25) is 5.95 Å². The van der Waals surface area contributed by atoms with Crippen LogP contribution in [0.3, 0.4) is 0 Å². The van der Waals surface area contributed by atoms with Gasteiger partial charge in [-0.2, -0.15) is 23.1 Å². The van der Waals surface area contributed by atoms with Crippen molar-refractivity contribution in [3.05, 3.63) is 36.3 Å². The monoisotopic (exact) mass is 488 g/mol. The van der Waals surface area contributed by atoms with Crippen LogP contribution in [0, 0.1) is 0 Å². The minimum atomic E-state index is -4.55. The van der Waals surface area contributed by atoms with Crippen molar-refractivity contribution in [2.45, 2.75) is 25.1 Å². The summed E-state index contributed by atoms with van der Waals surface area (Å²) >= 11 is 0. The van der Waals surface area contributed by atoms with Crippen LogP contribution in [0.5, 0.6) is 5.75 Å². The Labute approximate surface area is 197 Å². The first-order valence-corrected chi connectivity index (χ1v) is 10.9. The molecular formula is C22H23F3N8O2.